The molecule has 2 heterocycles. The van der Waals surface area contributed by atoms with Crippen LogP contribution in [0.15, 0.2) is 54.6 Å². The number of fused-ring (bicyclic) bond motifs is 1. The summed E-state index contributed by atoms with van der Waals surface area (Å²) in [5.74, 6) is -0.0815. The van der Waals surface area contributed by atoms with Crippen LogP contribution in [0.1, 0.15) is 34.3 Å². The molecule has 0 unspecified atom stereocenters. The molecule has 1 N–H and O–H groups in total. The van der Waals surface area contributed by atoms with Gasteiger partial charge in [0, 0.05) is 25.2 Å². The molecule has 2 aliphatic heterocycles. The molecule has 0 aromatic heterocycles. The standard InChI is InChI=1S/C22H23N3O3/c26-20-15-24(22(28)19-7-4-12-25(19)20)14-17-8-10-18(11-9-17)21(27)23-13-16-5-2-1-3-6-16/h1-3,5-6,8-11,19H,4,7,12-15H2,(H,23,27)/t19-/m1/s1. The molecule has 1 atom stereocenters. The second-order valence-corrected chi connectivity index (χ2v) is 7.30. The average Bonchev–Trinajstić information content (AvgIpc) is 3.22. The van der Waals surface area contributed by atoms with E-state index < -0.39 is 0 Å². The maximum absolute atomic E-state index is 12.6. The number of carbonyl (C=O) groups excluding carboxylic acids is 3. The van der Waals surface area contributed by atoms with Gasteiger partial charge in [-0.05, 0) is 36.1 Å². The molecule has 0 bridgehead atoms. The molecule has 6 nitrogen and oxygen atoms in total. The molecule has 0 aliphatic carbocycles. The first-order chi connectivity index (χ1) is 13.6. The molecule has 4 rings (SSSR count). The van der Waals surface area contributed by atoms with Gasteiger partial charge in [0.15, 0.2) is 0 Å². The number of rotatable bonds is 5. The number of nitrogens with one attached hydrogen (secondary N) is 1. The van der Waals surface area contributed by atoms with Crippen molar-refractivity contribution in [2.24, 2.45) is 0 Å². The van der Waals surface area contributed by atoms with E-state index in [1.54, 1.807) is 21.9 Å². The lowest BCUT2D eigenvalue weighted by Crippen LogP contribution is -2.56. The fraction of sp³-hybridized carbons (Fsp3) is 0.318. The van der Waals surface area contributed by atoms with E-state index in [0.717, 1.165) is 24.0 Å². The number of nitrogens with zero attached hydrogens (tertiary/aromatic N) is 2. The predicted octanol–water partition coefficient (Wildman–Crippen LogP) is 1.95. The van der Waals surface area contributed by atoms with Gasteiger partial charge >= 0.3 is 0 Å². The Morgan fingerprint density at radius 3 is 2.50 bits per heavy atom. The monoisotopic (exact) mass is 377 g/mol. The second kappa shape index (κ2) is 7.84. The molecule has 3 amide bonds. The Labute approximate surface area is 164 Å². The van der Waals surface area contributed by atoms with E-state index in [1.807, 2.05) is 42.5 Å². The Hall–Kier alpha value is -3.15. The lowest BCUT2D eigenvalue weighted by Gasteiger charge is -2.36. The highest BCUT2D eigenvalue weighted by molar-refractivity contribution is 5.95. The Kier molecular flexibility index (Phi) is 5.10. The summed E-state index contributed by atoms with van der Waals surface area (Å²) in [5.41, 5.74) is 2.52. The van der Waals surface area contributed by atoms with Crippen LogP contribution in [0, 0.1) is 0 Å². The van der Waals surface area contributed by atoms with E-state index in [9.17, 15) is 14.4 Å². The van der Waals surface area contributed by atoms with E-state index in [0.29, 0.717) is 25.2 Å². The van der Waals surface area contributed by atoms with Gasteiger partial charge in [-0.15, -0.1) is 0 Å². The molecule has 2 saturated heterocycles. The third kappa shape index (κ3) is 3.76. The van der Waals surface area contributed by atoms with Crippen molar-refractivity contribution < 1.29 is 14.4 Å². The second-order valence-electron chi connectivity index (χ2n) is 7.30. The van der Waals surface area contributed by atoms with E-state index in [4.69, 9.17) is 0 Å². The van der Waals surface area contributed by atoms with E-state index >= 15 is 0 Å². The van der Waals surface area contributed by atoms with Crippen molar-refractivity contribution in [3.63, 3.8) is 0 Å². The van der Waals surface area contributed by atoms with Crippen molar-refractivity contribution in [2.75, 3.05) is 13.1 Å². The van der Waals surface area contributed by atoms with Gasteiger partial charge < -0.3 is 15.1 Å². The van der Waals surface area contributed by atoms with Gasteiger partial charge in [0.2, 0.25) is 11.8 Å². The number of hydrogen-bond acceptors (Lipinski definition) is 3. The average molecular weight is 377 g/mol. The summed E-state index contributed by atoms with van der Waals surface area (Å²) in [5, 5.41) is 2.90. The zero-order valence-corrected chi connectivity index (χ0v) is 15.6. The molecule has 2 fully saturated rings. The number of hydrogen-bond donors (Lipinski definition) is 1. The van der Waals surface area contributed by atoms with Gasteiger partial charge in [0.1, 0.15) is 12.6 Å². The van der Waals surface area contributed by atoms with Crippen molar-refractivity contribution in [3.05, 3.63) is 71.3 Å². The van der Waals surface area contributed by atoms with E-state index in [1.165, 1.54) is 0 Å². The summed E-state index contributed by atoms with van der Waals surface area (Å²) < 4.78 is 0. The highest BCUT2D eigenvalue weighted by Gasteiger charge is 2.41. The summed E-state index contributed by atoms with van der Waals surface area (Å²) in [6.07, 6.45) is 1.64. The molecule has 6 heteroatoms. The lowest BCUT2D eigenvalue weighted by atomic mass is 10.1. The number of carbonyl (C=O) groups is 3. The van der Waals surface area contributed by atoms with Gasteiger partial charge in [-0.2, -0.15) is 0 Å². The maximum Gasteiger partial charge on any atom is 0.251 e. The molecule has 0 spiro atoms. The van der Waals surface area contributed by atoms with Crippen LogP contribution < -0.4 is 5.32 Å². The minimum absolute atomic E-state index is 0.0269. The summed E-state index contributed by atoms with van der Waals surface area (Å²) in [4.78, 5) is 40.5. The molecule has 144 valence electrons. The van der Waals surface area contributed by atoms with E-state index in [2.05, 4.69) is 5.32 Å². The molecule has 2 aliphatic rings. The highest BCUT2D eigenvalue weighted by Crippen LogP contribution is 2.24. The Morgan fingerprint density at radius 1 is 1.00 bits per heavy atom. The number of piperazine rings is 1. The van der Waals surface area contributed by atoms with Gasteiger partial charge in [-0.1, -0.05) is 42.5 Å². The molecule has 0 saturated carbocycles. The van der Waals surface area contributed by atoms with Gasteiger partial charge in [-0.3, -0.25) is 14.4 Å². The predicted molar refractivity (Wildman–Crippen MR) is 104 cm³/mol. The van der Waals surface area contributed by atoms with Crippen LogP contribution in [0.5, 0.6) is 0 Å². The zero-order valence-electron chi connectivity index (χ0n) is 15.6. The first kappa shape index (κ1) is 18.2. The molecule has 0 radical (unpaired) electrons. The highest BCUT2D eigenvalue weighted by atomic mass is 16.2. The fourth-order valence-corrected chi connectivity index (χ4v) is 3.86. The molecule has 2 aromatic carbocycles. The Bertz CT molecular complexity index is 880. The fourth-order valence-electron chi connectivity index (χ4n) is 3.86. The minimum atomic E-state index is -0.288. The smallest absolute Gasteiger partial charge is 0.251 e. The van der Waals surface area contributed by atoms with Crippen LogP contribution >= 0.6 is 0 Å². The third-order valence-corrected chi connectivity index (χ3v) is 5.38. The quantitative estimate of drug-likeness (QED) is 0.866. The first-order valence-electron chi connectivity index (χ1n) is 9.61. The van der Waals surface area contributed by atoms with Crippen LogP contribution in [-0.2, 0) is 22.7 Å². The summed E-state index contributed by atoms with van der Waals surface area (Å²) in [7, 11) is 0. The van der Waals surface area contributed by atoms with Crippen molar-refractivity contribution in [1.29, 1.82) is 0 Å². The molecule has 28 heavy (non-hydrogen) atoms. The van der Waals surface area contributed by atoms with Crippen molar-refractivity contribution >= 4 is 17.7 Å². The van der Waals surface area contributed by atoms with Crippen molar-refractivity contribution in [2.45, 2.75) is 32.0 Å². The van der Waals surface area contributed by atoms with Crippen molar-refractivity contribution in [3.8, 4) is 0 Å². The van der Waals surface area contributed by atoms with Crippen LogP contribution in [0.4, 0.5) is 0 Å². The van der Waals surface area contributed by atoms with Crippen LogP contribution in [-0.4, -0.2) is 46.7 Å². The van der Waals surface area contributed by atoms with Crippen LogP contribution in [0.25, 0.3) is 0 Å². The maximum atomic E-state index is 12.6. The van der Waals surface area contributed by atoms with Gasteiger partial charge in [-0.25, -0.2) is 0 Å². The van der Waals surface area contributed by atoms with Gasteiger partial charge in [0.25, 0.3) is 5.91 Å². The minimum Gasteiger partial charge on any atom is -0.348 e. The van der Waals surface area contributed by atoms with Crippen molar-refractivity contribution in [1.82, 2.24) is 15.1 Å². The third-order valence-electron chi connectivity index (χ3n) is 5.38. The first-order valence-corrected chi connectivity index (χ1v) is 9.61. The Balaban J connectivity index is 1.36. The summed E-state index contributed by atoms with van der Waals surface area (Å²) in [6, 6.07) is 16.7. The SMILES string of the molecule is O=C(NCc1ccccc1)c1ccc(CN2CC(=O)N3CCC[C@@H]3C2=O)cc1. The number of amides is 3. The molecular weight excluding hydrogens is 354 g/mol. The van der Waals surface area contributed by atoms with Crippen LogP contribution in [0.3, 0.4) is 0 Å². The van der Waals surface area contributed by atoms with E-state index in [-0.39, 0.29) is 30.3 Å². The number of benzene rings is 2. The summed E-state index contributed by atoms with van der Waals surface area (Å²) in [6.45, 7) is 1.69. The summed E-state index contributed by atoms with van der Waals surface area (Å²) >= 11 is 0. The Morgan fingerprint density at radius 2 is 1.75 bits per heavy atom. The normalized spacial score (nSPS) is 18.9. The van der Waals surface area contributed by atoms with Gasteiger partial charge in [0.05, 0.1) is 0 Å². The topological polar surface area (TPSA) is 69.7 Å². The largest absolute Gasteiger partial charge is 0.348 e. The van der Waals surface area contributed by atoms with Crippen LogP contribution in [0.2, 0.25) is 0 Å². The zero-order chi connectivity index (χ0) is 19.5. The lowest BCUT2D eigenvalue weighted by molar-refractivity contribution is -0.154. The molecular formula is C22H23N3O3. The molecule has 2 aromatic rings.